The van der Waals surface area contributed by atoms with Gasteiger partial charge in [0.1, 0.15) is 0 Å². The van der Waals surface area contributed by atoms with Gasteiger partial charge in [-0.05, 0) is 50.8 Å². The van der Waals surface area contributed by atoms with E-state index in [-0.39, 0.29) is 0 Å². The zero-order valence-electron chi connectivity index (χ0n) is 12.0. The molecule has 19 heavy (non-hydrogen) atoms. The Morgan fingerprint density at radius 3 is 2.47 bits per heavy atom. The van der Waals surface area contributed by atoms with Crippen LogP contribution in [0.2, 0.25) is 0 Å². The van der Waals surface area contributed by atoms with Gasteiger partial charge in [0.2, 0.25) is 10.0 Å². The van der Waals surface area contributed by atoms with Crippen molar-refractivity contribution in [3.8, 4) is 0 Å². The van der Waals surface area contributed by atoms with Crippen LogP contribution in [0.25, 0.3) is 0 Å². The normalized spacial score (nSPS) is 15.2. The van der Waals surface area contributed by atoms with E-state index in [9.17, 15) is 8.42 Å². The Morgan fingerprint density at radius 1 is 1.32 bits per heavy atom. The summed E-state index contributed by atoms with van der Waals surface area (Å²) in [6.45, 7) is 7.66. The van der Waals surface area contributed by atoms with Gasteiger partial charge in [0.25, 0.3) is 0 Å². The van der Waals surface area contributed by atoms with E-state index in [1.807, 2.05) is 39.8 Å². The maximum absolute atomic E-state index is 12.5. The summed E-state index contributed by atoms with van der Waals surface area (Å²) in [7, 11) is -3.48. The molecule has 0 bridgehead atoms. The summed E-state index contributed by atoms with van der Waals surface area (Å²) in [6.07, 6.45) is 1.51. The monoisotopic (exact) mass is 347 g/mol. The number of rotatable bonds is 6. The van der Waals surface area contributed by atoms with Crippen molar-refractivity contribution in [3.05, 3.63) is 29.3 Å². The van der Waals surface area contributed by atoms with E-state index in [0.29, 0.717) is 4.90 Å². The van der Waals surface area contributed by atoms with Gasteiger partial charge in [-0.2, -0.15) is 0 Å². The molecule has 5 heteroatoms. The van der Waals surface area contributed by atoms with Gasteiger partial charge in [0, 0.05) is 10.9 Å². The van der Waals surface area contributed by atoms with Crippen molar-refractivity contribution in [1.82, 2.24) is 4.72 Å². The Labute approximate surface area is 125 Å². The second-order valence-corrected chi connectivity index (χ2v) is 7.67. The van der Waals surface area contributed by atoms with Gasteiger partial charge in [0.05, 0.1) is 4.90 Å². The molecule has 0 radical (unpaired) electrons. The highest BCUT2D eigenvalue weighted by Crippen LogP contribution is 2.22. The van der Waals surface area contributed by atoms with Crippen molar-refractivity contribution in [2.45, 2.75) is 51.0 Å². The van der Waals surface area contributed by atoms with Crippen LogP contribution in [-0.2, 0) is 10.0 Å². The molecule has 1 rings (SSSR count). The van der Waals surface area contributed by atoms with Crippen LogP contribution in [0.15, 0.2) is 23.1 Å². The van der Waals surface area contributed by atoms with Crippen LogP contribution < -0.4 is 4.72 Å². The molecule has 1 aromatic rings. The highest BCUT2D eigenvalue weighted by atomic mass is 79.9. The molecular weight excluding hydrogens is 326 g/mol. The fourth-order valence-corrected chi connectivity index (χ4v) is 4.60. The van der Waals surface area contributed by atoms with Crippen molar-refractivity contribution in [1.29, 1.82) is 0 Å². The zero-order chi connectivity index (χ0) is 14.7. The highest BCUT2D eigenvalue weighted by Gasteiger charge is 2.29. The average molecular weight is 348 g/mol. The first-order valence-electron chi connectivity index (χ1n) is 6.41. The van der Waals surface area contributed by atoms with Gasteiger partial charge in [-0.25, -0.2) is 13.1 Å². The number of nitrogens with one attached hydrogen (secondary N) is 1. The lowest BCUT2D eigenvalue weighted by atomic mass is 9.98. The van der Waals surface area contributed by atoms with Crippen LogP contribution in [0.5, 0.6) is 0 Å². The summed E-state index contributed by atoms with van der Waals surface area (Å²) in [5, 5.41) is 0.770. The van der Waals surface area contributed by atoms with Crippen molar-refractivity contribution in [2.75, 3.05) is 5.33 Å². The molecule has 0 heterocycles. The lowest BCUT2D eigenvalue weighted by molar-refractivity contribution is 0.392. The molecule has 1 unspecified atom stereocenters. The molecule has 0 saturated heterocycles. The maximum Gasteiger partial charge on any atom is 0.241 e. The second-order valence-electron chi connectivity index (χ2n) is 5.23. The Bertz CT molecular complexity index is 542. The molecule has 108 valence electrons. The molecule has 0 aliphatic rings. The third kappa shape index (κ3) is 4.29. The molecule has 0 aromatic heterocycles. The predicted molar refractivity (Wildman–Crippen MR) is 83.3 cm³/mol. The molecule has 0 fully saturated rings. The fraction of sp³-hybridized carbons (Fsp3) is 0.571. The van der Waals surface area contributed by atoms with E-state index >= 15 is 0 Å². The molecule has 1 aromatic carbocycles. The predicted octanol–water partition coefficient (Wildman–Crippen LogP) is 3.54. The van der Waals surface area contributed by atoms with E-state index in [2.05, 4.69) is 20.7 Å². The smallest absolute Gasteiger partial charge is 0.207 e. The van der Waals surface area contributed by atoms with Crippen molar-refractivity contribution in [2.24, 2.45) is 0 Å². The zero-order valence-corrected chi connectivity index (χ0v) is 14.4. The van der Waals surface area contributed by atoms with E-state index in [1.165, 1.54) is 0 Å². The van der Waals surface area contributed by atoms with E-state index in [0.717, 1.165) is 29.3 Å². The first-order valence-corrected chi connectivity index (χ1v) is 9.02. The number of hydrogen-bond acceptors (Lipinski definition) is 2. The average Bonchev–Trinajstić information content (AvgIpc) is 2.31. The summed E-state index contributed by atoms with van der Waals surface area (Å²) >= 11 is 3.38. The lowest BCUT2D eigenvalue weighted by Crippen LogP contribution is -2.45. The molecular formula is C14H22BrNO2S. The number of hydrogen-bond donors (Lipinski definition) is 1. The number of sulfonamides is 1. The Morgan fingerprint density at radius 2 is 1.95 bits per heavy atom. The standard InChI is InChI=1S/C14H22BrNO2S/c1-5-14(4,8-9-15)16-19(17,18)13-10-11(2)6-7-12(13)3/h6-7,10,16H,5,8-9H2,1-4H3. The van der Waals surface area contributed by atoms with Crippen LogP contribution >= 0.6 is 15.9 Å². The van der Waals surface area contributed by atoms with Gasteiger partial charge in [0.15, 0.2) is 0 Å². The number of alkyl halides is 1. The molecule has 1 atom stereocenters. The van der Waals surface area contributed by atoms with Crippen LogP contribution in [0, 0.1) is 13.8 Å². The molecule has 0 aliphatic carbocycles. The summed E-state index contributed by atoms with van der Waals surface area (Å²) in [5.41, 5.74) is 1.30. The molecule has 0 aliphatic heterocycles. The highest BCUT2D eigenvalue weighted by molar-refractivity contribution is 9.09. The van der Waals surface area contributed by atoms with E-state index < -0.39 is 15.6 Å². The van der Waals surface area contributed by atoms with E-state index in [4.69, 9.17) is 0 Å². The van der Waals surface area contributed by atoms with Gasteiger partial charge in [-0.15, -0.1) is 0 Å². The minimum absolute atomic E-state index is 0.377. The van der Waals surface area contributed by atoms with Crippen LogP contribution in [0.1, 0.15) is 37.8 Å². The summed E-state index contributed by atoms with van der Waals surface area (Å²) in [4.78, 5) is 0.377. The first-order chi connectivity index (χ1) is 8.74. The second kappa shape index (κ2) is 6.37. The summed E-state index contributed by atoms with van der Waals surface area (Å²) < 4.78 is 27.9. The number of halogens is 1. The lowest BCUT2D eigenvalue weighted by Gasteiger charge is -2.29. The SMILES string of the molecule is CCC(C)(CCBr)NS(=O)(=O)c1cc(C)ccc1C. The van der Waals surface area contributed by atoms with Crippen LogP contribution in [0.3, 0.4) is 0 Å². The minimum atomic E-state index is -3.48. The fourth-order valence-electron chi connectivity index (χ4n) is 1.88. The largest absolute Gasteiger partial charge is 0.241 e. The molecule has 0 amide bonds. The van der Waals surface area contributed by atoms with E-state index in [1.54, 1.807) is 6.07 Å². The quantitative estimate of drug-likeness (QED) is 0.800. The molecule has 0 spiro atoms. The van der Waals surface area contributed by atoms with Crippen LogP contribution in [-0.4, -0.2) is 19.3 Å². The van der Waals surface area contributed by atoms with Crippen molar-refractivity contribution >= 4 is 26.0 Å². The Hall–Kier alpha value is -0.390. The first kappa shape index (κ1) is 16.7. The molecule has 3 nitrogen and oxygen atoms in total. The summed E-state index contributed by atoms with van der Waals surface area (Å²) in [6, 6.07) is 5.49. The number of aryl methyl sites for hydroxylation is 2. The molecule has 1 N–H and O–H groups in total. The van der Waals surface area contributed by atoms with Crippen molar-refractivity contribution in [3.63, 3.8) is 0 Å². The third-order valence-corrected chi connectivity index (χ3v) is 5.62. The van der Waals surface area contributed by atoms with Crippen LogP contribution in [0.4, 0.5) is 0 Å². The van der Waals surface area contributed by atoms with Gasteiger partial charge >= 0.3 is 0 Å². The third-order valence-electron chi connectivity index (χ3n) is 3.44. The van der Waals surface area contributed by atoms with Crippen molar-refractivity contribution < 1.29 is 8.42 Å². The Balaban J connectivity index is 3.14. The van der Waals surface area contributed by atoms with Gasteiger partial charge in [-0.1, -0.05) is 35.0 Å². The topological polar surface area (TPSA) is 46.2 Å². The van der Waals surface area contributed by atoms with Gasteiger partial charge in [-0.3, -0.25) is 0 Å². The molecule has 0 saturated carbocycles. The summed E-state index contributed by atoms with van der Waals surface area (Å²) in [5.74, 6) is 0. The number of benzene rings is 1. The maximum atomic E-state index is 12.5. The van der Waals surface area contributed by atoms with Gasteiger partial charge < -0.3 is 0 Å². The minimum Gasteiger partial charge on any atom is -0.207 e. The Kier molecular flexibility index (Phi) is 5.59.